The first-order chi connectivity index (χ1) is 14.2. The van der Waals surface area contributed by atoms with E-state index in [-0.39, 0.29) is 17.6 Å². The van der Waals surface area contributed by atoms with Crippen LogP contribution >= 0.6 is 0 Å². The number of halogens is 1. The molecule has 2 N–H and O–H groups in total. The van der Waals surface area contributed by atoms with Crippen molar-refractivity contribution >= 4 is 21.6 Å². The maximum Gasteiger partial charge on any atom is 0.229 e. The van der Waals surface area contributed by atoms with E-state index in [1.807, 2.05) is 60.7 Å². The molecule has 0 saturated heterocycles. The molecule has 3 rings (SSSR count). The van der Waals surface area contributed by atoms with Gasteiger partial charge in [0, 0.05) is 0 Å². The minimum Gasteiger partial charge on any atom is -0.345 e. The van der Waals surface area contributed by atoms with Crippen LogP contribution in [0, 0.1) is 5.82 Å². The summed E-state index contributed by atoms with van der Waals surface area (Å²) in [4.78, 5) is 13.0. The number of sulfonamides is 1. The highest BCUT2D eigenvalue weighted by molar-refractivity contribution is 7.92. The predicted molar refractivity (Wildman–Crippen MR) is 116 cm³/mol. The normalized spacial score (nSPS) is 12.4. The van der Waals surface area contributed by atoms with Crippen LogP contribution in [0.4, 0.5) is 10.1 Å². The van der Waals surface area contributed by atoms with Crippen molar-refractivity contribution < 1.29 is 17.6 Å². The highest BCUT2D eigenvalue weighted by Gasteiger charge is 2.22. The molecule has 1 amide bonds. The Hall–Kier alpha value is -3.19. The van der Waals surface area contributed by atoms with E-state index < -0.39 is 21.8 Å². The van der Waals surface area contributed by atoms with Crippen LogP contribution in [-0.4, -0.2) is 20.6 Å². The molecule has 0 fully saturated rings. The first-order valence-corrected chi connectivity index (χ1v) is 11.3. The predicted octanol–water partition coefficient (Wildman–Crippen LogP) is 4.21. The van der Waals surface area contributed by atoms with E-state index >= 15 is 0 Å². The van der Waals surface area contributed by atoms with Gasteiger partial charge in [0.1, 0.15) is 5.82 Å². The summed E-state index contributed by atoms with van der Waals surface area (Å²) >= 11 is 0. The van der Waals surface area contributed by atoms with Gasteiger partial charge in [-0.3, -0.25) is 9.52 Å². The van der Waals surface area contributed by atoms with Gasteiger partial charge in [-0.25, -0.2) is 12.8 Å². The third kappa shape index (κ3) is 5.45. The SMILES string of the molecule is CC(C(=O)NC(c1ccccc1)c1ccccc1)c1ccc(NS(C)(=O)=O)c(F)c1. The van der Waals surface area contributed by atoms with Gasteiger partial charge in [-0.05, 0) is 35.7 Å². The zero-order valence-corrected chi connectivity index (χ0v) is 17.5. The Bertz CT molecular complexity index is 1080. The number of nitrogens with one attached hydrogen (secondary N) is 2. The maximum atomic E-state index is 14.3. The molecule has 0 aromatic heterocycles. The lowest BCUT2D eigenvalue weighted by Gasteiger charge is -2.22. The van der Waals surface area contributed by atoms with Crippen molar-refractivity contribution in [1.29, 1.82) is 0 Å². The van der Waals surface area contributed by atoms with E-state index in [1.54, 1.807) is 13.0 Å². The molecule has 0 heterocycles. The highest BCUT2D eigenvalue weighted by atomic mass is 32.2. The third-order valence-electron chi connectivity index (χ3n) is 4.73. The van der Waals surface area contributed by atoms with Crippen LogP contribution in [0.2, 0.25) is 0 Å². The summed E-state index contributed by atoms with van der Waals surface area (Å²) in [5, 5.41) is 3.05. The van der Waals surface area contributed by atoms with Crippen molar-refractivity contribution in [3.63, 3.8) is 0 Å². The molecule has 3 aromatic rings. The number of anilines is 1. The van der Waals surface area contributed by atoms with Crippen molar-refractivity contribution in [2.75, 3.05) is 11.0 Å². The van der Waals surface area contributed by atoms with Crippen LogP contribution in [0.5, 0.6) is 0 Å². The average molecular weight is 427 g/mol. The summed E-state index contributed by atoms with van der Waals surface area (Å²) in [6.45, 7) is 1.68. The Morgan fingerprint density at radius 1 is 0.867 bits per heavy atom. The molecule has 0 aliphatic rings. The Balaban J connectivity index is 1.83. The average Bonchev–Trinajstić information content (AvgIpc) is 2.73. The van der Waals surface area contributed by atoms with Crippen LogP contribution in [-0.2, 0) is 14.8 Å². The quantitative estimate of drug-likeness (QED) is 0.594. The lowest BCUT2D eigenvalue weighted by atomic mass is 9.95. The molecule has 0 bridgehead atoms. The van der Waals surface area contributed by atoms with Crippen molar-refractivity contribution in [2.45, 2.75) is 18.9 Å². The molecule has 156 valence electrons. The van der Waals surface area contributed by atoms with Gasteiger partial charge in [-0.1, -0.05) is 66.7 Å². The second-order valence-electron chi connectivity index (χ2n) is 7.10. The van der Waals surface area contributed by atoms with Crippen LogP contribution in [0.25, 0.3) is 0 Å². The Morgan fingerprint density at radius 2 is 1.40 bits per heavy atom. The van der Waals surface area contributed by atoms with Crippen molar-refractivity contribution in [3.8, 4) is 0 Å². The summed E-state index contributed by atoms with van der Waals surface area (Å²) in [5.41, 5.74) is 2.16. The molecule has 1 unspecified atom stereocenters. The molecular weight excluding hydrogens is 403 g/mol. The fraction of sp³-hybridized carbons (Fsp3) is 0.174. The second kappa shape index (κ2) is 9.09. The van der Waals surface area contributed by atoms with E-state index in [9.17, 15) is 17.6 Å². The third-order valence-corrected chi connectivity index (χ3v) is 5.32. The van der Waals surface area contributed by atoms with Crippen molar-refractivity contribution in [2.24, 2.45) is 0 Å². The van der Waals surface area contributed by atoms with Crippen LogP contribution in [0.1, 0.15) is 35.6 Å². The Labute approximate surface area is 176 Å². The summed E-state index contributed by atoms with van der Waals surface area (Å²) < 4.78 is 39.1. The first kappa shape index (κ1) is 21.5. The van der Waals surface area contributed by atoms with Gasteiger partial charge in [0.05, 0.1) is 23.9 Å². The number of benzene rings is 3. The van der Waals surface area contributed by atoms with E-state index in [1.165, 1.54) is 12.1 Å². The molecule has 7 heteroatoms. The number of carbonyl (C=O) groups is 1. The van der Waals surface area contributed by atoms with Gasteiger partial charge >= 0.3 is 0 Å². The van der Waals surface area contributed by atoms with Gasteiger partial charge in [0.15, 0.2) is 0 Å². The monoisotopic (exact) mass is 426 g/mol. The second-order valence-corrected chi connectivity index (χ2v) is 8.85. The molecule has 30 heavy (non-hydrogen) atoms. The molecule has 3 aromatic carbocycles. The van der Waals surface area contributed by atoms with E-state index in [2.05, 4.69) is 10.0 Å². The van der Waals surface area contributed by atoms with E-state index in [4.69, 9.17) is 0 Å². The van der Waals surface area contributed by atoms with Gasteiger partial charge in [0.2, 0.25) is 15.9 Å². The smallest absolute Gasteiger partial charge is 0.229 e. The number of hydrogen-bond donors (Lipinski definition) is 2. The number of amides is 1. The molecule has 0 aliphatic carbocycles. The van der Waals surface area contributed by atoms with Crippen molar-refractivity contribution in [3.05, 3.63) is 101 Å². The zero-order chi connectivity index (χ0) is 21.7. The largest absolute Gasteiger partial charge is 0.345 e. The maximum absolute atomic E-state index is 14.3. The topological polar surface area (TPSA) is 75.3 Å². The molecule has 0 spiro atoms. The summed E-state index contributed by atoms with van der Waals surface area (Å²) in [7, 11) is -3.60. The zero-order valence-electron chi connectivity index (χ0n) is 16.7. The molecule has 0 aliphatic heterocycles. The van der Waals surface area contributed by atoms with E-state index in [0.717, 1.165) is 17.4 Å². The lowest BCUT2D eigenvalue weighted by molar-refractivity contribution is -0.122. The minimum atomic E-state index is -3.60. The summed E-state index contributed by atoms with van der Waals surface area (Å²) in [6.07, 6.45) is 0.948. The molecule has 1 atom stereocenters. The molecule has 5 nitrogen and oxygen atoms in total. The summed E-state index contributed by atoms with van der Waals surface area (Å²) in [5.74, 6) is -1.64. The number of hydrogen-bond acceptors (Lipinski definition) is 3. The highest BCUT2D eigenvalue weighted by Crippen LogP contribution is 2.26. The van der Waals surface area contributed by atoms with Gasteiger partial charge in [-0.15, -0.1) is 0 Å². The van der Waals surface area contributed by atoms with Crippen molar-refractivity contribution in [1.82, 2.24) is 5.32 Å². The van der Waals surface area contributed by atoms with Gasteiger partial charge in [0.25, 0.3) is 0 Å². The molecule has 0 radical (unpaired) electrons. The number of rotatable bonds is 7. The standard InChI is InChI=1S/C23H23FN2O3S/c1-16(19-13-14-21(20(24)15-19)26-30(2,28)29)23(27)25-22(17-9-5-3-6-10-17)18-11-7-4-8-12-18/h3-16,22,26H,1-2H3,(H,25,27). The van der Waals surface area contributed by atoms with Crippen LogP contribution < -0.4 is 10.0 Å². The summed E-state index contributed by atoms with van der Waals surface area (Å²) in [6, 6.07) is 22.9. The number of carbonyl (C=O) groups excluding carboxylic acids is 1. The fourth-order valence-electron chi connectivity index (χ4n) is 3.15. The van der Waals surface area contributed by atoms with Crippen LogP contribution in [0.3, 0.4) is 0 Å². The van der Waals surface area contributed by atoms with Gasteiger partial charge < -0.3 is 5.32 Å². The minimum absolute atomic E-state index is 0.152. The lowest BCUT2D eigenvalue weighted by Crippen LogP contribution is -2.32. The molecule has 0 saturated carbocycles. The Kier molecular flexibility index (Phi) is 6.52. The Morgan fingerprint density at radius 3 is 1.87 bits per heavy atom. The van der Waals surface area contributed by atoms with Crippen LogP contribution in [0.15, 0.2) is 78.9 Å². The van der Waals surface area contributed by atoms with E-state index in [0.29, 0.717) is 5.56 Å². The fourth-order valence-corrected chi connectivity index (χ4v) is 3.72. The molecular formula is C23H23FN2O3S. The first-order valence-electron chi connectivity index (χ1n) is 9.42. The van der Waals surface area contributed by atoms with Gasteiger partial charge in [-0.2, -0.15) is 0 Å².